The van der Waals surface area contributed by atoms with E-state index in [1.165, 1.54) is 0 Å². The summed E-state index contributed by atoms with van der Waals surface area (Å²) in [6, 6.07) is 0. The second-order valence-corrected chi connectivity index (χ2v) is 6.01. The number of nitrogens with zero attached hydrogens (tertiary/aromatic N) is 1. The zero-order valence-electron chi connectivity index (χ0n) is 8.56. The maximum atomic E-state index is 11.0. The van der Waals surface area contributed by atoms with Crippen LogP contribution in [-0.2, 0) is 16.6 Å². The van der Waals surface area contributed by atoms with Crippen LogP contribution >= 0.6 is 11.3 Å². The Morgan fingerprint density at radius 1 is 1.47 bits per heavy atom. The second-order valence-electron chi connectivity index (χ2n) is 2.94. The molecule has 1 aromatic heterocycles. The molecule has 5 nitrogen and oxygen atoms in total. The molecule has 1 rings (SSSR count). The standard InChI is InChI=1S/C8H15N3O2S2/c1-2-15(12,13)11-4-3-9-5-8-6-10-7-14-8/h6-7,9,11H,2-5H2,1H3. The Balaban J connectivity index is 2.08. The Labute approximate surface area is 94.0 Å². The van der Waals surface area contributed by atoms with Crippen LogP contribution in [0.2, 0.25) is 0 Å². The van der Waals surface area contributed by atoms with Crippen LogP contribution in [0.3, 0.4) is 0 Å². The van der Waals surface area contributed by atoms with E-state index in [2.05, 4.69) is 15.0 Å². The third-order valence-electron chi connectivity index (χ3n) is 1.79. The molecule has 86 valence electrons. The van der Waals surface area contributed by atoms with Gasteiger partial charge in [0.1, 0.15) is 0 Å². The van der Waals surface area contributed by atoms with Crippen molar-refractivity contribution in [2.24, 2.45) is 0 Å². The molecule has 0 bridgehead atoms. The molecule has 15 heavy (non-hydrogen) atoms. The first-order valence-corrected chi connectivity index (χ1v) is 7.22. The van der Waals surface area contributed by atoms with Gasteiger partial charge in [0.15, 0.2) is 0 Å². The summed E-state index contributed by atoms with van der Waals surface area (Å²) in [5.74, 6) is 0.127. The lowest BCUT2D eigenvalue weighted by Gasteiger charge is -2.04. The number of thiazole rings is 1. The highest BCUT2D eigenvalue weighted by Crippen LogP contribution is 2.03. The molecule has 0 amide bonds. The Morgan fingerprint density at radius 3 is 2.87 bits per heavy atom. The van der Waals surface area contributed by atoms with Gasteiger partial charge in [-0.1, -0.05) is 0 Å². The molecular formula is C8H15N3O2S2. The highest BCUT2D eigenvalue weighted by Gasteiger charge is 2.03. The van der Waals surface area contributed by atoms with Crippen LogP contribution in [0.15, 0.2) is 11.7 Å². The smallest absolute Gasteiger partial charge is 0.211 e. The van der Waals surface area contributed by atoms with Gasteiger partial charge in [0.2, 0.25) is 10.0 Å². The molecule has 1 heterocycles. The van der Waals surface area contributed by atoms with Gasteiger partial charge in [0, 0.05) is 30.7 Å². The number of hydrogen-bond donors (Lipinski definition) is 2. The van der Waals surface area contributed by atoms with Crippen molar-refractivity contribution in [3.63, 3.8) is 0 Å². The summed E-state index contributed by atoms with van der Waals surface area (Å²) in [5, 5.41) is 3.13. The SMILES string of the molecule is CCS(=O)(=O)NCCNCc1cncs1. The van der Waals surface area contributed by atoms with Gasteiger partial charge >= 0.3 is 0 Å². The van der Waals surface area contributed by atoms with Crippen LogP contribution in [0.1, 0.15) is 11.8 Å². The molecule has 1 aromatic rings. The highest BCUT2D eigenvalue weighted by atomic mass is 32.2. The molecule has 0 radical (unpaired) electrons. The van der Waals surface area contributed by atoms with Crippen LogP contribution in [0.4, 0.5) is 0 Å². The average Bonchev–Trinajstić information content (AvgIpc) is 2.70. The fourth-order valence-electron chi connectivity index (χ4n) is 0.938. The fraction of sp³-hybridized carbons (Fsp3) is 0.625. The zero-order valence-corrected chi connectivity index (χ0v) is 10.2. The van der Waals surface area contributed by atoms with Gasteiger partial charge < -0.3 is 5.32 Å². The van der Waals surface area contributed by atoms with E-state index in [9.17, 15) is 8.42 Å². The van der Waals surface area contributed by atoms with Crippen molar-refractivity contribution >= 4 is 21.4 Å². The molecule has 7 heteroatoms. The summed E-state index contributed by atoms with van der Waals surface area (Å²) < 4.78 is 24.6. The van der Waals surface area contributed by atoms with Crippen molar-refractivity contribution in [1.29, 1.82) is 0 Å². The maximum absolute atomic E-state index is 11.0. The third-order valence-corrected chi connectivity index (χ3v) is 3.97. The fourth-order valence-corrected chi connectivity index (χ4v) is 2.12. The monoisotopic (exact) mass is 249 g/mol. The molecule has 2 N–H and O–H groups in total. The average molecular weight is 249 g/mol. The first-order valence-electron chi connectivity index (χ1n) is 4.69. The molecule has 0 aliphatic heterocycles. The molecule has 0 aliphatic carbocycles. The summed E-state index contributed by atoms with van der Waals surface area (Å²) in [5.41, 5.74) is 1.77. The predicted molar refractivity (Wildman–Crippen MR) is 61.3 cm³/mol. The van der Waals surface area contributed by atoms with Crippen molar-refractivity contribution < 1.29 is 8.42 Å². The summed E-state index contributed by atoms with van der Waals surface area (Å²) in [6.45, 7) is 3.40. The van der Waals surface area contributed by atoms with E-state index in [-0.39, 0.29) is 5.75 Å². The van der Waals surface area contributed by atoms with E-state index in [4.69, 9.17) is 0 Å². The molecule has 0 fully saturated rings. The van der Waals surface area contributed by atoms with E-state index in [0.29, 0.717) is 13.1 Å². The number of hydrogen-bond acceptors (Lipinski definition) is 5. The van der Waals surface area contributed by atoms with Crippen LogP contribution in [0.5, 0.6) is 0 Å². The molecule has 0 aromatic carbocycles. The van der Waals surface area contributed by atoms with Crippen molar-refractivity contribution in [2.45, 2.75) is 13.5 Å². The molecule has 0 aliphatic rings. The van der Waals surface area contributed by atoms with Crippen molar-refractivity contribution in [3.05, 3.63) is 16.6 Å². The summed E-state index contributed by atoms with van der Waals surface area (Å²) in [7, 11) is -3.05. The largest absolute Gasteiger partial charge is 0.310 e. The van der Waals surface area contributed by atoms with Crippen LogP contribution in [-0.4, -0.2) is 32.2 Å². The lowest BCUT2D eigenvalue weighted by Crippen LogP contribution is -2.32. The molecule has 0 saturated heterocycles. The Bertz CT molecular complexity index is 361. The lowest BCUT2D eigenvalue weighted by molar-refractivity contribution is 0.577. The Kier molecular flexibility index (Phi) is 5.16. The quantitative estimate of drug-likeness (QED) is 0.676. The van der Waals surface area contributed by atoms with E-state index in [0.717, 1.165) is 11.4 Å². The lowest BCUT2D eigenvalue weighted by atomic mass is 10.5. The Hall–Kier alpha value is -0.500. The Morgan fingerprint density at radius 2 is 2.27 bits per heavy atom. The van der Waals surface area contributed by atoms with Gasteiger partial charge in [-0.3, -0.25) is 4.98 Å². The minimum atomic E-state index is -3.05. The normalized spacial score (nSPS) is 11.8. The molecule has 0 spiro atoms. The molecular weight excluding hydrogens is 234 g/mol. The van der Waals surface area contributed by atoms with E-state index >= 15 is 0 Å². The van der Waals surface area contributed by atoms with Crippen molar-refractivity contribution in [3.8, 4) is 0 Å². The van der Waals surface area contributed by atoms with E-state index < -0.39 is 10.0 Å². The minimum Gasteiger partial charge on any atom is -0.310 e. The minimum absolute atomic E-state index is 0.127. The van der Waals surface area contributed by atoms with Gasteiger partial charge in [-0.05, 0) is 6.92 Å². The van der Waals surface area contributed by atoms with Crippen LogP contribution < -0.4 is 10.0 Å². The van der Waals surface area contributed by atoms with Gasteiger partial charge in [-0.2, -0.15) is 0 Å². The van der Waals surface area contributed by atoms with Crippen LogP contribution in [0.25, 0.3) is 0 Å². The number of rotatable bonds is 7. The maximum Gasteiger partial charge on any atom is 0.211 e. The van der Waals surface area contributed by atoms with Crippen LogP contribution in [0, 0.1) is 0 Å². The summed E-state index contributed by atoms with van der Waals surface area (Å²) in [4.78, 5) is 5.09. The second kappa shape index (κ2) is 6.16. The number of aromatic nitrogens is 1. The zero-order chi connectivity index (χ0) is 11.1. The number of sulfonamides is 1. The summed E-state index contributed by atoms with van der Waals surface area (Å²) >= 11 is 1.58. The van der Waals surface area contributed by atoms with Gasteiger partial charge in [-0.25, -0.2) is 13.1 Å². The van der Waals surface area contributed by atoms with E-state index in [1.54, 1.807) is 30.0 Å². The third kappa shape index (κ3) is 5.22. The van der Waals surface area contributed by atoms with Crippen molar-refractivity contribution in [1.82, 2.24) is 15.0 Å². The molecule has 0 unspecified atom stereocenters. The highest BCUT2D eigenvalue weighted by molar-refractivity contribution is 7.89. The van der Waals surface area contributed by atoms with Gasteiger partial charge in [0.05, 0.1) is 11.3 Å². The topological polar surface area (TPSA) is 71.1 Å². The predicted octanol–water partition coefficient (Wildman–Crippen LogP) is 0.172. The van der Waals surface area contributed by atoms with Crippen molar-refractivity contribution in [2.75, 3.05) is 18.8 Å². The van der Waals surface area contributed by atoms with Gasteiger partial charge in [-0.15, -0.1) is 11.3 Å². The molecule has 0 atom stereocenters. The van der Waals surface area contributed by atoms with E-state index in [1.807, 2.05) is 0 Å². The first-order chi connectivity index (χ1) is 7.14. The molecule has 0 saturated carbocycles. The summed E-state index contributed by atoms with van der Waals surface area (Å²) in [6.07, 6.45) is 1.80. The first kappa shape index (κ1) is 12.6. The number of nitrogens with one attached hydrogen (secondary N) is 2. The van der Waals surface area contributed by atoms with Gasteiger partial charge in [0.25, 0.3) is 0 Å².